The molecule has 39 heavy (non-hydrogen) atoms. The number of hydrogen-bond acceptors (Lipinski definition) is 7. The summed E-state index contributed by atoms with van der Waals surface area (Å²) in [4.78, 5) is 31.5. The normalized spacial score (nSPS) is 21.8. The zero-order chi connectivity index (χ0) is 27.3. The molecular formula is C28H34ClIN8O. The summed E-state index contributed by atoms with van der Waals surface area (Å²) < 4.78 is 1.00. The number of rotatable bonds is 6. The summed E-state index contributed by atoms with van der Waals surface area (Å²) in [5, 5.41) is 9.27. The number of nitrogens with one attached hydrogen (secondary N) is 1. The fourth-order valence-electron chi connectivity index (χ4n) is 6.20. The van der Waals surface area contributed by atoms with E-state index in [9.17, 15) is 4.79 Å². The minimum Gasteiger partial charge on any atom is -0.353 e. The zero-order valence-electron chi connectivity index (χ0n) is 22.4. The molecule has 3 aliphatic rings. The Balaban J connectivity index is 1.35. The number of aromatic nitrogens is 4. The topological polar surface area (TPSA) is 84.5 Å². The van der Waals surface area contributed by atoms with Crippen molar-refractivity contribution in [3.8, 4) is 0 Å². The number of aromatic amines is 1. The van der Waals surface area contributed by atoms with Crippen LogP contribution in [0.5, 0.6) is 0 Å². The number of halogens is 2. The third-order valence-electron chi connectivity index (χ3n) is 8.69. The number of alkyl halides is 1. The van der Waals surface area contributed by atoms with Gasteiger partial charge in [0.25, 0.3) is 0 Å². The number of amides is 1. The average molecular weight is 661 g/mol. The molecule has 0 unspecified atom stereocenters. The highest BCUT2D eigenvalue weighted by Crippen LogP contribution is 2.44. The Morgan fingerprint density at radius 1 is 1.21 bits per heavy atom. The molecule has 2 aromatic heterocycles. The minimum absolute atomic E-state index is 0.00664. The SMILES string of the molecule is C=CC(=O)N1CCN(c2nc(N3CC(N(C)CI)C3)nc3c2C[C@H](C)[C@@H](c2c(Cl)ccc4[nH]ncc24)C3)CC1. The van der Waals surface area contributed by atoms with Crippen LogP contribution in [0, 0.1) is 5.92 Å². The lowest BCUT2D eigenvalue weighted by Crippen LogP contribution is -2.59. The van der Waals surface area contributed by atoms with Crippen LogP contribution in [-0.4, -0.2) is 92.8 Å². The Bertz CT molecular complexity index is 1400. The van der Waals surface area contributed by atoms with Crippen LogP contribution in [0.4, 0.5) is 11.8 Å². The molecule has 11 heteroatoms. The number of piperazine rings is 1. The van der Waals surface area contributed by atoms with Crippen molar-refractivity contribution >= 4 is 62.8 Å². The molecule has 0 bridgehead atoms. The van der Waals surface area contributed by atoms with Crippen molar-refractivity contribution < 1.29 is 4.79 Å². The monoisotopic (exact) mass is 660 g/mol. The van der Waals surface area contributed by atoms with Crippen LogP contribution in [0.2, 0.25) is 5.02 Å². The first-order chi connectivity index (χ1) is 18.9. The van der Waals surface area contributed by atoms with E-state index in [-0.39, 0.29) is 11.8 Å². The lowest BCUT2D eigenvalue weighted by molar-refractivity contribution is -0.126. The van der Waals surface area contributed by atoms with Crippen molar-refractivity contribution in [1.29, 1.82) is 0 Å². The Morgan fingerprint density at radius 2 is 1.97 bits per heavy atom. The van der Waals surface area contributed by atoms with Gasteiger partial charge in [-0.2, -0.15) is 10.1 Å². The smallest absolute Gasteiger partial charge is 0.246 e. The van der Waals surface area contributed by atoms with Crippen LogP contribution >= 0.6 is 34.2 Å². The standard InChI is InChI=1S/C28H34ClIN8O/c1-4-25(39)36-7-9-37(10-8-36)27-20-11-17(2)19(26-21-13-31-34-23(21)6-5-22(26)29)12-24(20)32-28(33-27)38-14-18(15-38)35(3)16-30/h4-6,13,17-19H,1,7-12,14-16H2,2-3H3,(H,31,34)/t17-,19-/m0/s1. The molecule has 2 fully saturated rings. The van der Waals surface area contributed by atoms with Crippen LogP contribution < -0.4 is 9.80 Å². The van der Waals surface area contributed by atoms with Crippen molar-refractivity contribution in [3.05, 3.63) is 52.8 Å². The van der Waals surface area contributed by atoms with E-state index in [1.54, 1.807) is 0 Å². The molecule has 1 N–H and O–H groups in total. The number of anilines is 2. The fourth-order valence-corrected chi connectivity index (χ4v) is 7.06. The molecule has 1 aliphatic carbocycles. The quantitative estimate of drug-likeness (QED) is 0.186. The van der Waals surface area contributed by atoms with Gasteiger partial charge < -0.3 is 14.7 Å². The van der Waals surface area contributed by atoms with Gasteiger partial charge in [0.15, 0.2) is 0 Å². The van der Waals surface area contributed by atoms with E-state index in [1.165, 1.54) is 11.6 Å². The van der Waals surface area contributed by atoms with E-state index < -0.39 is 0 Å². The molecule has 2 aliphatic heterocycles. The summed E-state index contributed by atoms with van der Waals surface area (Å²) >= 11 is 9.24. The van der Waals surface area contributed by atoms with Gasteiger partial charge in [-0.25, -0.2) is 4.98 Å². The molecule has 0 saturated carbocycles. The van der Waals surface area contributed by atoms with E-state index in [4.69, 9.17) is 21.6 Å². The Hall–Kier alpha value is -2.44. The highest BCUT2D eigenvalue weighted by atomic mass is 127. The van der Waals surface area contributed by atoms with Crippen LogP contribution in [0.3, 0.4) is 0 Å². The molecule has 9 nitrogen and oxygen atoms in total. The number of benzene rings is 1. The molecule has 6 rings (SSSR count). The van der Waals surface area contributed by atoms with Gasteiger partial charge in [0.2, 0.25) is 11.9 Å². The van der Waals surface area contributed by atoms with E-state index >= 15 is 0 Å². The highest BCUT2D eigenvalue weighted by molar-refractivity contribution is 14.1. The molecule has 1 aromatic carbocycles. The lowest BCUT2D eigenvalue weighted by atomic mass is 9.74. The van der Waals surface area contributed by atoms with Crippen molar-refractivity contribution in [2.45, 2.75) is 31.7 Å². The van der Waals surface area contributed by atoms with Gasteiger partial charge >= 0.3 is 0 Å². The van der Waals surface area contributed by atoms with Gasteiger partial charge in [-0.15, -0.1) is 0 Å². The van der Waals surface area contributed by atoms with Gasteiger partial charge in [-0.3, -0.25) is 14.8 Å². The van der Waals surface area contributed by atoms with Crippen LogP contribution in [0.25, 0.3) is 10.9 Å². The second kappa shape index (κ2) is 10.9. The molecule has 0 radical (unpaired) electrons. The molecular weight excluding hydrogens is 627 g/mol. The zero-order valence-corrected chi connectivity index (χ0v) is 25.3. The summed E-state index contributed by atoms with van der Waals surface area (Å²) in [5.41, 5.74) is 4.52. The molecule has 0 spiro atoms. The number of H-pyrrole nitrogens is 1. The second-order valence-electron chi connectivity index (χ2n) is 11.0. The van der Waals surface area contributed by atoms with Crippen LogP contribution in [-0.2, 0) is 17.6 Å². The highest BCUT2D eigenvalue weighted by Gasteiger charge is 2.37. The Kier molecular flexibility index (Phi) is 7.45. The molecule has 2 atom stereocenters. The molecule has 1 amide bonds. The largest absolute Gasteiger partial charge is 0.353 e. The Morgan fingerprint density at radius 3 is 2.69 bits per heavy atom. The second-order valence-corrected chi connectivity index (χ2v) is 12.1. The van der Waals surface area contributed by atoms with Crippen LogP contribution in [0.1, 0.15) is 29.7 Å². The number of carbonyl (C=O) groups excluding carboxylic acids is 1. The fraction of sp³-hybridized carbons (Fsp3) is 0.500. The predicted molar refractivity (Wildman–Crippen MR) is 164 cm³/mol. The van der Waals surface area contributed by atoms with Gasteiger partial charge in [-0.05, 0) is 55.5 Å². The third-order valence-corrected chi connectivity index (χ3v) is 10.1. The van der Waals surface area contributed by atoms with E-state index in [1.807, 2.05) is 23.2 Å². The van der Waals surface area contributed by atoms with Crippen molar-refractivity contribution in [3.63, 3.8) is 0 Å². The lowest BCUT2D eigenvalue weighted by Gasteiger charge is -2.44. The van der Waals surface area contributed by atoms with Crippen LogP contribution in [0.15, 0.2) is 31.0 Å². The number of hydrogen-bond donors (Lipinski definition) is 1. The van der Waals surface area contributed by atoms with Gasteiger partial charge in [0.1, 0.15) is 5.82 Å². The number of fused-ring (bicyclic) bond motifs is 2. The number of nitrogens with zero attached hydrogens (tertiary/aromatic N) is 7. The maximum Gasteiger partial charge on any atom is 0.246 e. The maximum absolute atomic E-state index is 12.2. The van der Waals surface area contributed by atoms with E-state index in [0.717, 1.165) is 82.5 Å². The van der Waals surface area contributed by atoms with Crippen molar-refractivity contribution in [1.82, 2.24) is 30.0 Å². The Labute approximate surface area is 247 Å². The summed E-state index contributed by atoms with van der Waals surface area (Å²) in [6.07, 6.45) is 4.99. The first kappa shape index (κ1) is 26.8. The molecule has 4 heterocycles. The summed E-state index contributed by atoms with van der Waals surface area (Å²) in [6.45, 7) is 10.7. The number of likely N-dealkylation sites (N-methyl/N-ethyl adjacent to an activating group) is 1. The minimum atomic E-state index is -0.00664. The van der Waals surface area contributed by atoms with Gasteiger partial charge in [-0.1, -0.05) is 47.7 Å². The summed E-state index contributed by atoms with van der Waals surface area (Å²) in [5.74, 6) is 2.43. The molecule has 3 aromatic rings. The molecule has 206 valence electrons. The number of carbonyl (C=O) groups is 1. The summed E-state index contributed by atoms with van der Waals surface area (Å²) in [7, 11) is 2.17. The first-order valence-electron chi connectivity index (χ1n) is 13.6. The van der Waals surface area contributed by atoms with Gasteiger partial charge in [0, 0.05) is 61.3 Å². The summed E-state index contributed by atoms with van der Waals surface area (Å²) in [6, 6.07) is 4.49. The van der Waals surface area contributed by atoms with Gasteiger partial charge in [0.05, 0.1) is 22.0 Å². The first-order valence-corrected chi connectivity index (χ1v) is 15.5. The third kappa shape index (κ3) is 4.88. The van der Waals surface area contributed by atoms with E-state index in [0.29, 0.717) is 25.0 Å². The predicted octanol–water partition coefficient (Wildman–Crippen LogP) is 3.87. The maximum atomic E-state index is 12.2. The van der Waals surface area contributed by atoms with E-state index in [2.05, 4.69) is 68.0 Å². The average Bonchev–Trinajstić information content (AvgIpc) is 3.40. The molecule has 2 saturated heterocycles. The van der Waals surface area contributed by atoms with Crippen molar-refractivity contribution in [2.24, 2.45) is 5.92 Å². The van der Waals surface area contributed by atoms with Crippen molar-refractivity contribution in [2.75, 3.05) is 60.7 Å².